The molecule has 0 radical (unpaired) electrons. The first-order valence-electron chi connectivity index (χ1n) is 13.7. The molecular weight excluding hydrogens is 555 g/mol. The monoisotopic (exact) mass is 591 g/mol. The molecule has 2 saturated heterocycles. The molecule has 0 aliphatic carbocycles. The van der Waals surface area contributed by atoms with Crippen molar-refractivity contribution >= 4 is 40.7 Å². The molecule has 9 heteroatoms. The Morgan fingerprint density at radius 1 is 1.12 bits per heavy atom. The quantitative estimate of drug-likeness (QED) is 0.423. The maximum Gasteiger partial charge on any atom is 0.262 e. The number of likely N-dealkylation sites (N-methyl/N-ethyl adjacent to an activating group) is 1. The third-order valence-corrected chi connectivity index (χ3v) is 9.75. The van der Waals surface area contributed by atoms with Crippen molar-refractivity contribution in [1.29, 1.82) is 0 Å². The predicted octanol–water partition coefficient (Wildman–Crippen LogP) is 6.85. The zero-order chi connectivity index (χ0) is 29.6. The van der Waals surface area contributed by atoms with Gasteiger partial charge in [0.25, 0.3) is 5.92 Å². The summed E-state index contributed by atoms with van der Waals surface area (Å²) in [6.45, 7) is 12.2. The summed E-state index contributed by atoms with van der Waals surface area (Å²) in [7, 11) is 1.73. The molecule has 2 fully saturated rings. The third kappa shape index (κ3) is 4.44. The SMILES string of the molecule is CC1C(C(=O)N(C)CC(C)(C)c2cccc(C(C)(C)C)c2)C2CC(F)(F)CN2C12C(=O)Nc1c(Cl)cc(Cl)cc12. The summed E-state index contributed by atoms with van der Waals surface area (Å²) in [5.41, 5.74) is 1.24. The third-order valence-electron chi connectivity index (χ3n) is 9.23. The molecule has 216 valence electrons. The molecule has 2 amide bonds. The molecule has 0 saturated carbocycles. The van der Waals surface area contributed by atoms with Gasteiger partial charge in [0, 0.05) is 48.0 Å². The molecule has 4 unspecified atom stereocenters. The summed E-state index contributed by atoms with van der Waals surface area (Å²) < 4.78 is 30.0. The van der Waals surface area contributed by atoms with Gasteiger partial charge in [0.2, 0.25) is 11.8 Å². The van der Waals surface area contributed by atoms with Gasteiger partial charge in [-0.15, -0.1) is 0 Å². The Hall–Kier alpha value is -2.22. The molecule has 1 N–H and O–H groups in total. The number of fused-ring (bicyclic) bond motifs is 4. The number of carbonyl (C=O) groups is 2. The molecule has 2 aromatic rings. The second-order valence-corrected chi connectivity index (χ2v) is 14.4. The summed E-state index contributed by atoms with van der Waals surface area (Å²) >= 11 is 12.8. The standard InChI is InChI=1S/C31H37Cl2F2N3O2/c1-17-24(26(39)37(7)15-29(5,6)19-10-8-9-18(11-19)28(2,3)4)23-14-30(34,35)16-38(23)31(17)21-12-20(32)13-22(33)25(21)36-27(31)40/h8-13,17,23-24H,14-16H2,1-7H3,(H,36,40). The first kappa shape index (κ1) is 29.3. The summed E-state index contributed by atoms with van der Waals surface area (Å²) in [5, 5.41) is 3.37. The normalized spacial score (nSPS) is 27.6. The number of amides is 2. The lowest BCUT2D eigenvalue weighted by atomic mass is 9.74. The number of benzene rings is 2. The lowest BCUT2D eigenvalue weighted by Crippen LogP contribution is -2.51. The number of nitrogens with one attached hydrogen (secondary N) is 1. The maximum atomic E-state index is 15.0. The molecule has 4 atom stereocenters. The smallest absolute Gasteiger partial charge is 0.262 e. The molecule has 5 rings (SSSR count). The highest BCUT2D eigenvalue weighted by Gasteiger charge is 2.71. The second kappa shape index (κ2) is 9.40. The van der Waals surface area contributed by atoms with Crippen molar-refractivity contribution in [2.24, 2.45) is 11.8 Å². The number of hydrogen-bond acceptors (Lipinski definition) is 3. The number of anilines is 1. The second-order valence-electron chi connectivity index (χ2n) is 13.5. The first-order chi connectivity index (χ1) is 18.4. The van der Waals surface area contributed by atoms with Crippen molar-refractivity contribution in [3.8, 4) is 0 Å². The van der Waals surface area contributed by atoms with Gasteiger partial charge in [0.15, 0.2) is 0 Å². The topological polar surface area (TPSA) is 52.7 Å². The Balaban J connectivity index is 1.51. The van der Waals surface area contributed by atoms with Crippen molar-refractivity contribution in [2.45, 2.75) is 76.3 Å². The van der Waals surface area contributed by atoms with Crippen LogP contribution in [0.5, 0.6) is 0 Å². The number of carbonyl (C=O) groups excluding carboxylic acids is 2. The van der Waals surface area contributed by atoms with Gasteiger partial charge < -0.3 is 10.2 Å². The summed E-state index contributed by atoms with van der Waals surface area (Å²) in [4.78, 5) is 31.1. The van der Waals surface area contributed by atoms with Crippen molar-refractivity contribution in [1.82, 2.24) is 9.80 Å². The Kier molecular flexibility index (Phi) is 6.88. The molecular formula is C31H37Cl2F2N3O2. The van der Waals surface area contributed by atoms with Gasteiger partial charge in [-0.3, -0.25) is 14.5 Å². The van der Waals surface area contributed by atoms with E-state index >= 15 is 8.78 Å². The average Bonchev–Trinajstić information content (AvgIpc) is 3.39. The van der Waals surface area contributed by atoms with Gasteiger partial charge in [-0.1, -0.05) is 89.0 Å². The zero-order valence-electron chi connectivity index (χ0n) is 24.0. The number of halogens is 4. The van der Waals surface area contributed by atoms with Gasteiger partial charge in [0.1, 0.15) is 5.54 Å². The Morgan fingerprint density at radius 3 is 2.42 bits per heavy atom. The van der Waals surface area contributed by atoms with Gasteiger partial charge in [-0.25, -0.2) is 8.78 Å². The van der Waals surface area contributed by atoms with E-state index in [1.807, 2.05) is 13.0 Å². The lowest BCUT2D eigenvalue weighted by Gasteiger charge is -2.37. The minimum absolute atomic E-state index is 0.0253. The Labute approximate surface area is 245 Å². The van der Waals surface area contributed by atoms with Crippen molar-refractivity contribution in [3.05, 3.63) is 63.1 Å². The van der Waals surface area contributed by atoms with Crippen LogP contribution >= 0.6 is 23.2 Å². The van der Waals surface area contributed by atoms with E-state index in [2.05, 4.69) is 58.1 Å². The minimum Gasteiger partial charge on any atom is -0.345 e. The molecule has 2 aromatic carbocycles. The average molecular weight is 593 g/mol. The summed E-state index contributed by atoms with van der Waals surface area (Å²) in [5.74, 6) is -5.13. The van der Waals surface area contributed by atoms with E-state index in [0.717, 1.165) is 5.56 Å². The van der Waals surface area contributed by atoms with Crippen LogP contribution in [0.4, 0.5) is 14.5 Å². The zero-order valence-corrected chi connectivity index (χ0v) is 25.6. The molecule has 0 aromatic heterocycles. The fourth-order valence-electron chi connectivity index (χ4n) is 7.28. The van der Waals surface area contributed by atoms with E-state index in [4.69, 9.17) is 23.2 Å². The van der Waals surface area contributed by atoms with Crippen LogP contribution in [0.3, 0.4) is 0 Å². The Bertz CT molecular complexity index is 1390. The fraction of sp³-hybridized carbons (Fsp3) is 0.548. The van der Waals surface area contributed by atoms with E-state index in [0.29, 0.717) is 22.8 Å². The van der Waals surface area contributed by atoms with E-state index in [9.17, 15) is 9.59 Å². The van der Waals surface area contributed by atoms with Crippen LogP contribution in [0.2, 0.25) is 10.0 Å². The molecule has 1 spiro atoms. The number of alkyl halides is 2. The van der Waals surface area contributed by atoms with Gasteiger partial charge >= 0.3 is 0 Å². The van der Waals surface area contributed by atoms with E-state index in [1.165, 1.54) is 11.6 Å². The largest absolute Gasteiger partial charge is 0.345 e. The van der Waals surface area contributed by atoms with Crippen LogP contribution in [0.15, 0.2) is 36.4 Å². The predicted molar refractivity (Wildman–Crippen MR) is 155 cm³/mol. The van der Waals surface area contributed by atoms with E-state index in [-0.39, 0.29) is 16.3 Å². The van der Waals surface area contributed by atoms with Crippen molar-refractivity contribution in [3.63, 3.8) is 0 Å². The van der Waals surface area contributed by atoms with Crippen LogP contribution in [-0.2, 0) is 26.0 Å². The first-order valence-corrected chi connectivity index (χ1v) is 14.5. The van der Waals surface area contributed by atoms with Crippen LogP contribution in [0, 0.1) is 11.8 Å². The van der Waals surface area contributed by atoms with Crippen LogP contribution in [0.25, 0.3) is 0 Å². The van der Waals surface area contributed by atoms with Crippen LogP contribution in [-0.4, -0.2) is 53.7 Å². The molecule has 5 nitrogen and oxygen atoms in total. The molecule has 3 aliphatic heterocycles. The van der Waals surface area contributed by atoms with Gasteiger partial charge in [0.05, 0.1) is 23.2 Å². The maximum absolute atomic E-state index is 15.0. The molecule has 3 heterocycles. The van der Waals surface area contributed by atoms with Crippen LogP contribution < -0.4 is 5.32 Å². The van der Waals surface area contributed by atoms with Gasteiger partial charge in [-0.2, -0.15) is 0 Å². The Morgan fingerprint density at radius 2 is 1.77 bits per heavy atom. The van der Waals surface area contributed by atoms with E-state index < -0.39 is 53.6 Å². The van der Waals surface area contributed by atoms with Gasteiger partial charge in [-0.05, 0) is 28.7 Å². The fourth-order valence-corrected chi connectivity index (χ4v) is 7.82. The van der Waals surface area contributed by atoms with Crippen molar-refractivity contribution < 1.29 is 18.4 Å². The molecule has 0 bridgehead atoms. The lowest BCUT2D eigenvalue weighted by molar-refractivity contribution is -0.137. The number of nitrogens with zero attached hydrogens (tertiary/aromatic N) is 2. The molecule has 3 aliphatic rings. The summed E-state index contributed by atoms with van der Waals surface area (Å²) in [6.07, 6.45) is -0.489. The number of hydrogen-bond donors (Lipinski definition) is 1. The number of rotatable bonds is 4. The highest BCUT2D eigenvalue weighted by molar-refractivity contribution is 6.37. The van der Waals surface area contributed by atoms with Crippen LogP contribution in [0.1, 0.15) is 64.7 Å². The highest BCUT2D eigenvalue weighted by Crippen LogP contribution is 2.60. The van der Waals surface area contributed by atoms with Crippen molar-refractivity contribution in [2.75, 3.05) is 25.5 Å². The summed E-state index contributed by atoms with van der Waals surface area (Å²) in [6, 6.07) is 10.7. The van der Waals surface area contributed by atoms with E-state index in [1.54, 1.807) is 22.9 Å². The highest BCUT2D eigenvalue weighted by atomic mass is 35.5. The molecule has 40 heavy (non-hydrogen) atoms. The minimum atomic E-state index is -3.03.